The lowest BCUT2D eigenvalue weighted by atomic mass is 10.0. The Labute approximate surface area is 104 Å². The molecule has 1 aromatic rings. The molecule has 1 rings (SSSR count). The summed E-state index contributed by atoms with van der Waals surface area (Å²) in [5, 5.41) is 9.12. The van der Waals surface area contributed by atoms with E-state index in [9.17, 15) is 9.59 Å². The summed E-state index contributed by atoms with van der Waals surface area (Å²) in [5.41, 5.74) is 1.92. The Morgan fingerprint density at radius 1 is 1.47 bits per heavy atom. The van der Waals surface area contributed by atoms with Crippen LogP contribution in [0.1, 0.15) is 29.2 Å². The van der Waals surface area contributed by atoms with Gasteiger partial charge in [-0.05, 0) is 12.8 Å². The molecule has 17 heavy (non-hydrogen) atoms. The first-order valence-corrected chi connectivity index (χ1v) is 6.14. The molecule has 1 aromatic heterocycles. The molecule has 0 saturated carbocycles. The minimum Gasteiger partial charge on any atom is -0.480 e. The second-order valence-electron chi connectivity index (χ2n) is 4.20. The van der Waals surface area contributed by atoms with Gasteiger partial charge in [-0.1, -0.05) is 13.8 Å². The molecule has 1 amide bonds. The molecule has 0 aliphatic heterocycles. The maximum atomic E-state index is 12.1. The van der Waals surface area contributed by atoms with Crippen molar-refractivity contribution in [3.05, 3.63) is 16.1 Å². The van der Waals surface area contributed by atoms with Gasteiger partial charge in [-0.25, -0.2) is 9.78 Å². The van der Waals surface area contributed by atoms with Crippen LogP contribution in [0.3, 0.4) is 0 Å². The zero-order chi connectivity index (χ0) is 13.2. The zero-order valence-corrected chi connectivity index (χ0v) is 11.1. The lowest BCUT2D eigenvalue weighted by Gasteiger charge is -2.27. The van der Waals surface area contributed by atoms with Gasteiger partial charge >= 0.3 is 5.97 Å². The van der Waals surface area contributed by atoms with Crippen molar-refractivity contribution in [3.63, 3.8) is 0 Å². The summed E-state index contributed by atoms with van der Waals surface area (Å²) in [5.74, 6) is -1.49. The molecule has 0 aromatic carbocycles. The van der Waals surface area contributed by atoms with Crippen LogP contribution in [0.4, 0.5) is 0 Å². The Balaban J connectivity index is 2.96. The number of carboxylic acid groups (broad SMARTS) is 1. The summed E-state index contributed by atoms with van der Waals surface area (Å²) in [4.78, 5) is 29.2. The minimum atomic E-state index is -0.997. The molecule has 5 nitrogen and oxygen atoms in total. The predicted octanol–water partition coefficient (Wildman–Crippen LogP) is 1.63. The fraction of sp³-hybridized carbons (Fsp3) is 0.545. The molecule has 94 valence electrons. The first-order chi connectivity index (χ1) is 7.86. The number of carbonyl (C=O) groups is 2. The van der Waals surface area contributed by atoms with Crippen LogP contribution in [-0.2, 0) is 4.79 Å². The molecule has 1 atom stereocenters. The van der Waals surface area contributed by atoms with Crippen molar-refractivity contribution in [2.24, 2.45) is 5.92 Å². The highest BCUT2D eigenvalue weighted by Crippen LogP contribution is 2.17. The summed E-state index contributed by atoms with van der Waals surface area (Å²) in [6, 6.07) is -0.830. The van der Waals surface area contributed by atoms with Gasteiger partial charge in [-0.3, -0.25) is 4.79 Å². The number of hydrogen-bond donors (Lipinski definition) is 1. The topological polar surface area (TPSA) is 70.5 Å². The minimum absolute atomic E-state index is 0.152. The van der Waals surface area contributed by atoms with E-state index in [1.54, 1.807) is 26.3 Å². The van der Waals surface area contributed by atoms with Crippen LogP contribution in [0.15, 0.2) is 5.51 Å². The van der Waals surface area contributed by atoms with Crippen molar-refractivity contribution in [3.8, 4) is 0 Å². The summed E-state index contributed by atoms with van der Waals surface area (Å²) < 4.78 is 0. The smallest absolute Gasteiger partial charge is 0.326 e. The van der Waals surface area contributed by atoms with E-state index in [0.717, 1.165) is 4.88 Å². The molecular formula is C11H16N2O3S. The number of amides is 1. The number of aryl methyl sites for hydroxylation is 1. The average Bonchev–Trinajstić information content (AvgIpc) is 2.62. The number of thiazole rings is 1. The maximum Gasteiger partial charge on any atom is 0.326 e. The van der Waals surface area contributed by atoms with Gasteiger partial charge in [-0.15, -0.1) is 11.3 Å². The van der Waals surface area contributed by atoms with E-state index >= 15 is 0 Å². The Hall–Kier alpha value is -1.43. The second-order valence-corrected chi connectivity index (χ2v) is 5.26. The normalized spacial score (nSPS) is 12.5. The third kappa shape index (κ3) is 2.82. The first-order valence-electron chi connectivity index (χ1n) is 5.26. The van der Waals surface area contributed by atoms with E-state index in [-0.39, 0.29) is 11.8 Å². The summed E-state index contributed by atoms with van der Waals surface area (Å²) in [6.07, 6.45) is 0. The van der Waals surface area contributed by atoms with Gasteiger partial charge in [0.15, 0.2) is 0 Å². The molecule has 1 N–H and O–H groups in total. The van der Waals surface area contributed by atoms with E-state index in [0.29, 0.717) is 5.69 Å². The number of carbonyl (C=O) groups excluding carboxylic acids is 1. The monoisotopic (exact) mass is 256 g/mol. The van der Waals surface area contributed by atoms with Crippen LogP contribution in [0.2, 0.25) is 0 Å². The quantitative estimate of drug-likeness (QED) is 0.889. The molecule has 0 spiro atoms. The molecule has 0 aliphatic rings. The van der Waals surface area contributed by atoms with E-state index in [2.05, 4.69) is 4.98 Å². The van der Waals surface area contributed by atoms with Crippen LogP contribution in [0.25, 0.3) is 0 Å². The molecule has 0 saturated heterocycles. The SMILES string of the molecule is Cc1scnc1C(=O)N(C)C(C(=O)O)C(C)C. The molecular weight excluding hydrogens is 240 g/mol. The molecule has 0 radical (unpaired) electrons. The maximum absolute atomic E-state index is 12.1. The fourth-order valence-electron chi connectivity index (χ4n) is 1.70. The van der Waals surface area contributed by atoms with E-state index in [1.807, 2.05) is 0 Å². The summed E-state index contributed by atoms with van der Waals surface area (Å²) in [6.45, 7) is 5.34. The molecule has 6 heteroatoms. The standard InChI is InChI=1S/C11H16N2O3S/c1-6(2)9(11(15)16)13(4)10(14)8-7(3)17-5-12-8/h5-6,9H,1-4H3,(H,15,16). The largest absolute Gasteiger partial charge is 0.480 e. The zero-order valence-electron chi connectivity index (χ0n) is 10.3. The van der Waals surface area contributed by atoms with Crippen molar-refractivity contribution >= 4 is 23.2 Å². The third-order valence-electron chi connectivity index (χ3n) is 2.57. The van der Waals surface area contributed by atoms with Crippen molar-refractivity contribution < 1.29 is 14.7 Å². The number of hydrogen-bond acceptors (Lipinski definition) is 4. The van der Waals surface area contributed by atoms with Crippen molar-refractivity contribution in [1.29, 1.82) is 0 Å². The average molecular weight is 256 g/mol. The van der Waals surface area contributed by atoms with Gasteiger partial charge in [0.1, 0.15) is 11.7 Å². The van der Waals surface area contributed by atoms with Crippen LogP contribution in [0.5, 0.6) is 0 Å². The first kappa shape index (κ1) is 13.6. The molecule has 0 aliphatic carbocycles. The fourth-order valence-corrected chi connectivity index (χ4v) is 2.27. The van der Waals surface area contributed by atoms with Gasteiger partial charge in [0.05, 0.1) is 5.51 Å². The van der Waals surface area contributed by atoms with Gasteiger partial charge in [0.2, 0.25) is 0 Å². The van der Waals surface area contributed by atoms with Crippen LogP contribution in [-0.4, -0.2) is 40.0 Å². The highest BCUT2D eigenvalue weighted by atomic mass is 32.1. The third-order valence-corrected chi connectivity index (χ3v) is 3.33. The van der Waals surface area contributed by atoms with Crippen molar-refractivity contribution in [2.75, 3.05) is 7.05 Å². The van der Waals surface area contributed by atoms with E-state index in [1.165, 1.54) is 23.3 Å². The number of carboxylic acids is 1. The van der Waals surface area contributed by atoms with Gasteiger partial charge in [0.25, 0.3) is 5.91 Å². The van der Waals surface area contributed by atoms with E-state index < -0.39 is 12.0 Å². The Bertz CT molecular complexity index is 428. The van der Waals surface area contributed by atoms with Gasteiger partial charge < -0.3 is 10.0 Å². The number of likely N-dealkylation sites (N-methyl/N-ethyl adjacent to an activating group) is 1. The number of nitrogens with zero attached hydrogens (tertiary/aromatic N) is 2. The molecule has 0 bridgehead atoms. The number of aromatic nitrogens is 1. The van der Waals surface area contributed by atoms with Crippen LogP contribution in [0, 0.1) is 12.8 Å². The summed E-state index contributed by atoms with van der Waals surface area (Å²) >= 11 is 1.37. The van der Waals surface area contributed by atoms with Crippen molar-refractivity contribution in [1.82, 2.24) is 9.88 Å². The number of rotatable bonds is 4. The predicted molar refractivity (Wildman–Crippen MR) is 65.2 cm³/mol. The van der Waals surface area contributed by atoms with Crippen LogP contribution < -0.4 is 0 Å². The van der Waals surface area contributed by atoms with Gasteiger partial charge in [0, 0.05) is 11.9 Å². The van der Waals surface area contributed by atoms with Gasteiger partial charge in [-0.2, -0.15) is 0 Å². The highest BCUT2D eigenvalue weighted by Gasteiger charge is 2.31. The summed E-state index contributed by atoms with van der Waals surface area (Å²) in [7, 11) is 1.50. The Morgan fingerprint density at radius 2 is 2.06 bits per heavy atom. The lowest BCUT2D eigenvalue weighted by Crippen LogP contribution is -2.45. The molecule has 1 heterocycles. The Kier molecular flexibility index (Phi) is 4.22. The highest BCUT2D eigenvalue weighted by molar-refractivity contribution is 7.09. The van der Waals surface area contributed by atoms with Crippen LogP contribution >= 0.6 is 11.3 Å². The number of aliphatic carboxylic acids is 1. The second kappa shape index (κ2) is 5.27. The Morgan fingerprint density at radius 3 is 2.41 bits per heavy atom. The van der Waals surface area contributed by atoms with E-state index in [4.69, 9.17) is 5.11 Å². The van der Waals surface area contributed by atoms with Crippen molar-refractivity contribution in [2.45, 2.75) is 26.8 Å². The molecule has 1 unspecified atom stereocenters. The molecule has 0 fully saturated rings. The lowest BCUT2D eigenvalue weighted by molar-refractivity contribution is -0.143.